The van der Waals surface area contributed by atoms with Gasteiger partial charge in [0.2, 0.25) is 5.91 Å². The molecule has 7 nitrogen and oxygen atoms in total. The second kappa shape index (κ2) is 25.4. The molecule has 9 heteroatoms. The third-order valence-electron chi connectivity index (χ3n) is 3.72. The summed E-state index contributed by atoms with van der Waals surface area (Å²) in [5, 5.41) is 8.95. The molecule has 0 saturated heterocycles. The lowest BCUT2D eigenvalue weighted by atomic mass is 10.1. The molecule has 0 aliphatic heterocycles. The average Bonchev–Trinajstić information content (AvgIpc) is 2.88. The van der Waals surface area contributed by atoms with Gasteiger partial charge in [-0.1, -0.05) is 81.2 Å². The van der Waals surface area contributed by atoms with E-state index in [0.717, 1.165) is 12.1 Å². The lowest BCUT2D eigenvalue weighted by molar-refractivity contribution is -0.126. The number of nitrogens with one attached hydrogen (secondary N) is 3. The molecular formula is C26H45N3O4S2. The zero-order valence-electron chi connectivity index (χ0n) is 22.7. The average molecular weight is 528 g/mol. The number of hydrogen-bond acceptors (Lipinski definition) is 7. The van der Waals surface area contributed by atoms with Crippen molar-refractivity contribution < 1.29 is 19.1 Å². The van der Waals surface area contributed by atoms with E-state index in [4.69, 9.17) is 9.47 Å². The highest BCUT2D eigenvalue weighted by Crippen LogP contribution is 2.41. The van der Waals surface area contributed by atoms with E-state index < -0.39 is 0 Å². The fourth-order valence-electron chi connectivity index (χ4n) is 2.20. The van der Waals surface area contributed by atoms with Crippen LogP contribution in [0.15, 0.2) is 24.3 Å². The van der Waals surface area contributed by atoms with Crippen LogP contribution in [-0.2, 0) is 14.3 Å². The molecule has 1 aromatic carbocycles. The van der Waals surface area contributed by atoms with Gasteiger partial charge in [-0.3, -0.25) is 9.59 Å². The molecule has 0 aliphatic carbocycles. The molecule has 0 heterocycles. The van der Waals surface area contributed by atoms with Crippen molar-refractivity contribution in [2.24, 2.45) is 0 Å². The van der Waals surface area contributed by atoms with Gasteiger partial charge in [-0.2, -0.15) is 0 Å². The highest BCUT2D eigenvalue weighted by Gasteiger charge is 2.15. The monoisotopic (exact) mass is 527 g/mol. The summed E-state index contributed by atoms with van der Waals surface area (Å²) in [4.78, 5) is 23.8. The van der Waals surface area contributed by atoms with E-state index in [1.807, 2.05) is 46.9 Å². The van der Waals surface area contributed by atoms with E-state index in [1.54, 1.807) is 40.6 Å². The Balaban J connectivity index is 0. The van der Waals surface area contributed by atoms with Gasteiger partial charge in [-0.05, 0) is 31.7 Å². The maximum atomic E-state index is 12.2. The van der Waals surface area contributed by atoms with Crippen LogP contribution in [0, 0.1) is 11.8 Å². The molecule has 1 aromatic rings. The third-order valence-corrected chi connectivity index (χ3v) is 6.81. The van der Waals surface area contributed by atoms with Gasteiger partial charge in [0.25, 0.3) is 5.91 Å². The zero-order chi connectivity index (χ0) is 26.9. The van der Waals surface area contributed by atoms with Crippen LogP contribution in [0.25, 0.3) is 0 Å². The zero-order valence-corrected chi connectivity index (χ0v) is 24.3. The number of amides is 2. The van der Waals surface area contributed by atoms with Gasteiger partial charge < -0.3 is 25.4 Å². The van der Waals surface area contributed by atoms with Crippen LogP contribution in [0.1, 0.15) is 69.8 Å². The molecule has 0 saturated carbocycles. The van der Waals surface area contributed by atoms with Crippen LogP contribution in [0.2, 0.25) is 0 Å². The fourth-order valence-corrected chi connectivity index (χ4v) is 4.41. The van der Waals surface area contributed by atoms with Crippen molar-refractivity contribution in [3.8, 4) is 11.8 Å². The smallest absolute Gasteiger partial charge is 0.251 e. The predicted octanol–water partition coefficient (Wildman–Crippen LogP) is 4.65. The summed E-state index contributed by atoms with van der Waals surface area (Å²) in [5.74, 6) is 5.18. The van der Waals surface area contributed by atoms with Crippen LogP contribution in [-0.4, -0.2) is 63.6 Å². The first kappa shape index (κ1) is 35.5. The molecule has 0 fully saturated rings. The van der Waals surface area contributed by atoms with Crippen LogP contribution >= 0.6 is 21.6 Å². The quantitative estimate of drug-likeness (QED) is 0.132. The lowest BCUT2D eigenvalue weighted by Crippen LogP contribution is -2.30. The summed E-state index contributed by atoms with van der Waals surface area (Å²) in [6.07, 6.45) is 0. The highest BCUT2D eigenvalue weighted by molar-refractivity contribution is 8.76. The van der Waals surface area contributed by atoms with Crippen molar-refractivity contribution >= 4 is 33.4 Å². The normalized spacial score (nSPS) is 10.5. The Kier molecular flexibility index (Phi) is 25.7. The molecular weight excluding hydrogens is 482 g/mol. The molecule has 3 N–H and O–H groups in total. The topological polar surface area (TPSA) is 88.7 Å². The Morgan fingerprint density at radius 2 is 1.63 bits per heavy atom. The number of likely N-dealkylation sites (N-methyl/N-ethyl adjacent to an activating group) is 1. The van der Waals surface area contributed by atoms with Gasteiger partial charge in [0.15, 0.2) is 0 Å². The first-order valence-corrected chi connectivity index (χ1v) is 14.5. The third kappa shape index (κ3) is 19.2. The molecule has 1 unspecified atom stereocenters. The van der Waals surface area contributed by atoms with Crippen molar-refractivity contribution in [3.63, 3.8) is 0 Å². The second-order valence-electron chi connectivity index (χ2n) is 6.68. The van der Waals surface area contributed by atoms with Crippen LogP contribution in [0.4, 0.5) is 0 Å². The van der Waals surface area contributed by atoms with E-state index >= 15 is 0 Å². The van der Waals surface area contributed by atoms with Crippen LogP contribution in [0.5, 0.6) is 0 Å². The summed E-state index contributed by atoms with van der Waals surface area (Å²) in [5.41, 5.74) is 1.38. The van der Waals surface area contributed by atoms with Crippen LogP contribution < -0.4 is 16.0 Å². The standard InChI is InChI=1S/C22H33N3O4S2.2C2H6/c1-5-6-11-24-20(26)16-28-14-15-29-22(31-30-17(2)3)19-9-7-18(8-10-19)21(27)25-13-12-23-4;2*1-2/h7-10,17,22-23H,11-16H2,1-4H3,(H,24,26)(H,25,27);2*1-2H3. The van der Waals surface area contributed by atoms with Gasteiger partial charge in [0.05, 0.1) is 19.8 Å². The van der Waals surface area contributed by atoms with Gasteiger partial charge >= 0.3 is 0 Å². The molecule has 0 bridgehead atoms. The van der Waals surface area contributed by atoms with Crippen LogP contribution in [0.3, 0.4) is 0 Å². The number of hydrogen-bond donors (Lipinski definition) is 3. The first-order chi connectivity index (χ1) is 17.0. The molecule has 0 aromatic heterocycles. The SMILES string of the molecule is CC.CC.CC#CCNC(=O)COCCOC(SSC(C)C)c1ccc(C(=O)NCCNC)cc1. The van der Waals surface area contributed by atoms with Gasteiger partial charge in [-0.25, -0.2) is 0 Å². The Bertz CT molecular complexity index is 720. The largest absolute Gasteiger partial charge is 0.369 e. The van der Waals surface area contributed by atoms with Crippen molar-refractivity contribution in [1.29, 1.82) is 0 Å². The van der Waals surface area contributed by atoms with Crippen molar-refractivity contribution in [3.05, 3.63) is 35.4 Å². The van der Waals surface area contributed by atoms with E-state index in [9.17, 15) is 9.59 Å². The number of carbonyl (C=O) groups is 2. The molecule has 0 spiro atoms. The Labute approximate surface area is 221 Å². The maximum Gasteiger partial charge on any atom is 0.251 e. The molecule has 1 atom stereocenters. The Hall–Kier alpha value is -1.70. The predicted molar refractivity (Wildman–Crippen MR) is 152 cm³/mol. The molecule has 200 valence electrons. The van der Waals surface area contributed by atoms with E-state index in [2.05, 4.69) is 41.6 Å². The molecule has 1 rings (SSSR count). The van der Waals surface area contributed by atoms with E-state index in [0.29, 0.717) is 37.1 Å². The molecule has 2 amide bonds. The Morgan fingerprint density at radius 3 is 2.20 bits per heavy atom. The van der Waals surface area contributed by atoms with E-state index in [-0.39, 0.29) is 23.9 Å². The molecule has 35 heavy (non-hydrogen) atoms. The molecule has 0 aliphatic rings. The Morgan fingerprint density at radius 1 is 0.971 bits per heavy atom. The van der Waals surface area contributed by atoms with Gasteiger partial charge in [0, 0.05) is 23.9 Å². The number of carbonyl (C=O) groups excluding carboxylic acids is 2. The van der Waals surface area contributed by atoms with Crippen molar-refractivity contribution in [1.82, 2.24) is 16.0 Å². The maximum absolute atomic E-state index is 12.2. The minimum absolute atomic E-state index is 0.0231. The number of ether oxygens (including phenoxy) is 2. The number of rotatable bonds is 15. The lowest BCUT2D eigenvalue weighted by Gasteiger charge is -2.19. The minimum Gasteiger partial charge on any atom is -0.369 e. The second-order valence-corrected chi connectivity index (χ2v) is 9.59. The van der Waals surface area contributed by atoms with Gasteiger partial charge in [0.1, 0.15) is 12.0 Å². The highest BCUT2D eigenvalue weighted by atomic mass is 33.1. The fraction of sp³-hybridized carbons (Fsp3) is 0.615. The molecule has 0 radical (unpaired) electrons. The minimum atomic E-state index is -0.203. The van der Waals surface area contributed by atoms with Crippen molar-refractivity contribution in [2.45, 2.75) is 59.2 Å². The number of benzene rings is 1. The van der Waals surface area contributed by atoms with E-state index in [1.165, 1.54) is 0 Å². The summed E-state index contributed by atoms with van der Waals surface area (Å²) < 4.78 is 11.4. The summed E-state index contributed by atoms with van der Waals surface area (Å²) in [7, 11) is 5.20. The first-order valence-electron chi connectivity index (χ1n) is 12.2. The summed E-state index contributed by atoms with van der Waals surface area (Å²) in [6.45, 7) is 16.2. The van der Waals surface area contributed by atoms with Gasteiger partial charge in [-0.15, -0.1) is 5.92 Å². The summed E-state index contributed by atoms with van der Waals surface area (Å²) in [6, 6.07) is 7.44. The van der Waals surface area contributed by atoms with Crippen molar-refractivity contribution in [2.75, 3.05) is 46.5 Å². The summed E-state index contributed by atoms with van der Waals surface area (Å²) >= 11 is 0.